The highest BCUT2D eigenvalue weighted by molar-refractivity contribution is 6.61. The molecule has 1 rings (SSSR count). The maximum Gasteiger partial charge on any atom is 0.409 e. The molecule has 0 fully saturated rings. The Balaban J connectivity index is 3.13. The Hall–Kier alpha value is -1.33. The van der Waals surface area contributed by atoms with Gasteiger partial charge in [-0.05, 0) is 6.07 Å². The van der Waals surface area contributed by atoms with Crippen LogP contribution in [0.1, 0.15) is 0 Å². The SMILES string of the molecule is O=C(Cl)Oc1cccc([N+](=O)[O-])c1Cl. The summed E-state index contributed by atoms with van der Waals surface area (Å²) < 4.78 is 4.43. The quantitative estimate of drug-likeness (QED) is 0.449. The third-order valence-electron chi connectivity index (χ3n) is 1.33. The molecule has 0 aromatic heterocycles. The van der Waals surface area contributed by atoms with Gasteiger partial charge in [0, 0.05) is 17.7 Å². The Morgan fingerprint density at radius 2 is 2.14 bits per heavy atom. The first-order valence-corrected chi connectivity index (χ1v) is 4.08. The smallest absolute Gasteiger partial charge is 0.409 e. The molecule has 0 aliphatic heterocycles. The number of ether oxygens (including phenoxy) is 1. The van der Waals surface area contributed by atoms with Gasteiger partial charge < -0.3 is 4.74 Å². The Bertz CT molecular complexity index is 393. The number of carbonyl (C=O) groups excluding carboxylic acids is 1. The first-order chi connectivity index (χ1) is 6.52. The molecule has 0 radical (unpaired) electrons. The van der Waals surface area contributed by atoms with Gasteiger partial charge >= 0.3 is 5.43 Å². The van der Waals surface area contributed by atoms with E-state index in [2.05, 4.69) is 4.74 Å². The summed E-state index contributed by atoms with van der Waals surface area (Å²) in [7, 11) is 0. The highest BCUT2D eigenvalue weighted by atomic mass is 35.5. The Labute approximate surface area is 88.3 Å². The van der Waals surface area contributed by atoms with Crippen molar-refractivity contribution in [2.45, 2.75) is 0 Å². The zero-order valence-electron chi connectivity index (χ0n) is 6.57. The third kappa shape index (κ3) is 2.34. The van der Waals surface area contributed by atoms with Crippen LogP contribution in [0.3, 0.4) is 0 Å². The molecule has 0 saturated carbocycles. The van der Waals surface area contributed by atoms with E-state index < -0.39 is 10.4 Å². The van der Waals surface area contributed by atoms with Crippen LogP contribution in [-0.4, -0.2) is 10.4 Å². The topological polar surface area (TPSA) is 69.4 Å². The average Bonchev–Trinajstić information content (AvgIpc) is 2.07. The van der Waals surface area contributed by atoms with E-state index in [9.17, 15) is 14.9 Å². The van der Waals surface area contributed by atoms with E-state index in [0.717, 1.165) is 0 Å². The second-order valence-corrected chi connectivity index (χ2v) is 2.87. The van der Waals surface area contributed by atoms with Crippen molar-refractivity contribution in [2.75, 3.05) is 0 Å². The lowest BCUT2D eigenvalue weighted by Gasteiger charge is -2.01. The van der Waals surface area contributed by atoms with Crippen molar-refractivity contribution in [3.8, 4) is 5.75 Å². The first-order valence-electron chi connectivity index (χ1n) is 3.32. The molecule has 0 atom stereocenters. The number of hydrogen-bond acceptors (Lipinski definition) is 4. The molecule has 74 valence electrons. The molecule has 7 heteroatoms. The van der Waals surface area contributed by atoms with E-state index in [4.69, 9.17) is 23.2 Å². The number of rotatable bonds is 2. The van der Waals surface area contributed by atoms with Gasteiger partial charge in [-0.2, -0.15) is 0 Å². The van der Waals surface area contributed by atoms with Gasteiger partial charge in [0.15, 0.2) is 10.8 Å². The van der Waals surface area contributed by atoms with E-state index in [1.54, 1.807) is 0 Å². The van der Waals surface area contributed by atoms with Gasteiger partial charge in [0.2, 0.25) is 0 Å². The zero-order chi connectivity index (χ0) is 10.7. The van der Waals surface area contributed by atoms with Gasteiger partial charge in [-0.1, -0.05) is 17.7 Å². The minimum atomic E-state index is -1.10. The summed E-state index contributed by atoms with van der Waals surface area (Å²) in [5, 5.41) is 10.1. The predicted octanol–water partition coefficient (Wildman–Crippen LogP) is 2.99. The second kappa shape index (κ2) is 4.26. The number of halogens is 2. The number of nitro groups is 1. The highest BCUT2D eigenvalue weighted by Crippen LogP contribution is 2.33. The molecular formula is C7H3Cl2NO4. The van der Waals surface area contributed by atoms with Gasteiger partial charge in [0.1, 0.15) is 0 Å². The van der Waals surface area contributed by atoms with E-state index in [1.165, 1.54) is 18.2 Å². The van der Waals surface area contributed by atoms with Crippen molar-refractivity contribution < 1.29 is 14.5 Å². The molecular weight excluding hydrogens is 233 g/mol. The van der Waals surface area contributed by atoms with Crippen LogP contribution in [0.4, 0.5) is 10.5 Å². The minimum absolute atomic E-state index is 0.138. The van der Waals surface area contributed by atoms with Crippen LogP contribution in [0.5, 0.6) is 5.75 Å². The lowest BCUT2D eigenvalue weighted by molar-refractivity contribution is -0.384. The summed E-state index contributed by atoms with van der Waals surface area (Å²) in [5.41, 5.74) is -1.45. The third-order valence-corrected chi connectivity index (χ3v) is 1.79. The van der Waals surface area contributed by atoms with Crippen LogP contribution in [0.15, 0.2) is 18.2 Å². The van der Waals surface area contributed by atoms with Gasteiger partial charge in [-0.25, -0.2) is 4.79 Å². The summed E-state index contributed by atoms with van der Waals surface area (Å²) in [5.74, 6) is -0.138. The van der Waals surface area contributed by atoms with Crippen LogP contribution in [0.25, 0.3) is 0 Å². The van der Waals surface area contributed by atoms with Crippen LogP contribution in [0.2, 0.25) is 5.02 Å². The van der Waals surface area contributed by atoms with Gasteiger partial charge in [0.25, 0.3) is 5.69 Å². The maximum absolute atomic E-state index is 10.4. The fourth-order valence-corrected chi connectivity index (χ4v) is 1.12. The Kier molecular flexibility index (Phi) is 3.27. The van der Waals surface area contributed by atoms with Crippen molar-refractivity contribution >= 4 is 34.3 Å². The van der Waals surface area contributed by atoms with E-state index in [0.29, 0.717) is 0 Å². The number of benzene rings is 1. The van der Waals surface area contributed by atoms with Gasteiger partial charge in [-0.15, -0.1) is 0 Å². The largest absolute Gasteiger partial charge is 0.413 e. The molecule has 1 aromatic rings. The normalized spacial score (nSPS) is 9.57. The van der Waals surface area contributed by atoms with E-state index in [1.807, 2.05) is 0 Å². The summed E-state index contributed by atoms with van der Waals surface area (Å²) in [6.45, 7) is 0. The summed E-state index contributed by atoms with van der Waals surface area (Å²) >= 11 is 10.5. The van der Waals surface area contributed by atoms with E-state index in [-0.39, 0.29) is 16.5 Å². The van der Waals surface area contributed by atoms with Crippen molar-refractivity contribution in [1.82, 2.24) is 0 Å². The number of carbonyl (C=O) groups is 1. The molecule has 0 heterocycles. The van der Waals surface area contributed by atoms with Crippen LogP contribution in [-0.2, 0) is 0 Å². The fourth-order valence-electron chi connectivity index (χ4n) is 0.805. The number of nitrogens with zero attached hydrogens (tertiary/aromatic N) is 1. The molecule has 0 unspecified atom stereocenters. The summed E-state index contributed by atoms with van der Waals surface area (Å²) in [6, 6.07) is 3.82. The lowest BCUT2D eigenvalue weighted by Crippen LogP contribution is -1.98. The molecule has 0 bridgehead atoms. The van der Waals surface area contributed by atoms with Crippen molar-refractivity contribution in [2.24, 2.45) is 0 Å². The minimum Gasteiger partial charge on any atom is -0.413 e. The zero-order valence-corrected chi connectivity index (χ0v) is 8.08. The summed E-state index contributed by atoms with van der Waals surface area (Å²) in [6.07, 6.45) is 0. The predicted molar refractivity (Wildman–Crippen MR) is 50.0 cm³/mol. The molecule has 0 N–H and O–H groups in total. The molecule has 0 saturated heterocycles. The Morgan fingerprint density at radius 3 is 2.64 bits per heavy atom. The molecule has 0 spiro atoms. The van der Waals surface area contributed by atoms with Crippen molar-refractivity contribution in [3.05, 3.63) is 33.3 Å². The maximum atomic E-state index is 10.4. The van der Waals surface area contributed by atoms with Crippen LogP contribution >= 0.6 is 23.2 Å². The molecule has 0 aliphatic rings. The van der Waals surface area contributed by atoms with Crippen LogP contribution in [0, 0.1) is 10.1 Å². The van der Waals surface area contributed by atoms with E-state index >= 15 is 0 Å². The number of hydrogen-bond donors (Lipinski definition) is 0. The Morgan fingerprint density at radius 1 is 1.50 bits per heavy atom. The monoisotopic (exact) mass is 235 g/mol. The standard InChI is InChI=1S/C7H3Cl2NO4/c8-6-4(10(12)13)2-1-3-5(6)14-7(9)11/h1-3H. The molecule has 1 aromatic carbocycles. The van der Waals surface area contributed by atoms with Gasteiger partial charge in [-0.3, -0.25) is 10.1 Å². The van der Waals surface area contributed by atoms with Gasteiger partial charge in [0.05, 0.1) is 4.92 Å². The molecule has 5 nitrogen and oxygen atoms in total. The van der Waals surface area contributed by atoms with Crippen molar-refractivity contribution in [3.63, 3.8) is 0 Å². The highest BCUT2D eigenvalue weighted by Gasteiger charge is 2.17. The average molecular weight is 236 g/mol. The fraction of sp³-hybridized carbons (Fsp3) is 0. The molecule has 0 amide bonds. The van der Waals surface area contributed by atoms with Crippen LogP contribution < -0.4 is 4.74 Å². The molecule has 0 aliphatic carbocycles. The summed E-state index contributed by atoms with van der Waals surface area (Å²) in [4.78, 5) is 20.1. The second-order valence-electron chi connectivity index (χ2n) is 2.19. The number of nitro benzene ring substituents is 1. The first kappa shape index (κ1) is 10.7. The lowest BCUT2D eigenvalue weighted by atomic mass is 10.3. The molecule has 14 heavy (non-hydrogen) atoms. The van der Waals surface area contributed by atoms with Crippen molar-refractivity contribution in [1.29, 1.82) is 0 Å².